The van der Waals surface area contributed by atoms with E-state index in [1.54, 1.807) is 0 Å². The van der Waals surface area contributed by atoms with E-state index in [-0.39, 0.29) is 0 Å². The second-order valence-corrected chi connectivity index (χ2v) is 3.96. The number of hydrogen-bond donors (Lipinski definition) is 2. The van der Waals surface area contributed by atoms with E-state index in [2.05, 4.69) is 21.6 Å². The van der Waals surface area contributed by atoms with Crippen molar-refractivity contribution in [3.8, 4) is 0 Å². The molecule has 0 bridgehead atoms. The third-order valence-electron chi connectivity index (χ3n) is 1.83. The lowest BCUT2D eigenvalue weighted by atomic mass is 10.4. The molecule has 0 unspecified atom stereocenters. The van der Waals surface area contributed by atoms with E-state index < -0.39 is 0 Å². The predicted octanol–water partition coefficient (Wildman–Crippen LogP) is 1.74. The smallest absolute Gasteiger partial charge is 0.233 e. The van der Waals surface area contributed by atoms with Gasteiger partial charge in [-0.2, -0.15) is 9.36 Å². The maximum Gasteiger partial charge on any atom is 0.233 e. The van der Waals surface area contributed by atoms with Gasteiger partial charge >= 0.3 is 0 Å². The van der Waals surface area contributed by atoms with Gasteiger partial charge in [0.1, 0.15) is 0 Å². The minimum atomic E-state index is 0.335. The molecule has 15 heavy (non-hydrogen) atoms. The highest BCUT2D eigenvalue weighted by molar-refractivity contribution is 7.09. The second kappa shape index (κ2) is 7.42. The maximum absolute atomic E-state index is 5.42. The predicted molar refractivity (Wildman–Crippen MR) is 63.2 cm³/mol. The topological polar surface area (TPSA) is 73.1 Å². The van der Waals surface area contributed by atoms with Gasteiger partial charge in [0, 0.05) is 31.3 Å². The monoisotopic (exact) mass is 230 g/mol. The first kappa shape index (κ1) is 12.2. The van der Waals surface area contributed by atoms with Crippen LogP contribution in [0.4, 0.5) is 11.1 Å². The molecule has 0 amide bonds. The molecule has 0 aliphatic carbocycles. The highest BCUT2D eigenvalue weighted by Gasteiger charge is 1.98. The SMILES string of the molecule is CCCCOCCCNc1nc(N)ns1. The molecule has 3 N–H and O–H groups in total. The molecule has 1 rings (SSSR count). The molecular formula is C9H18N4OS. The Kier molecular flexibility index (Phi) is 6.03. The van der Waals surface area contributed by atoms with Crippen LogP contribution in [-0.2, 0) is 4.74 Å². The summed E-state index contributed by atoms with van der Waals surface area (Å²) in [5.41, 5.74) is 5.39. The highest BCUT2D eigenvalue weighted by atomic mass is 32.1. The van der Waals surface area contributed by atoms with Crippen LogP contribution in [-0.4, -0.2) is 29.1 Å². The van der Waals surface area contributed by atoms with E-state index in [1.807, 2.05) is 0 Å². The second-order valence-electron chi connectivity index (χ2n) is 3.20. The molecular weight excluding hydrogens is 212 g/mol. The minimum absolute atomic E-state index is 0.335. The number of nitrogens with zero attached hydrogens (tertiary/aromatic N) is 2. The normalized spacial score (nSPS) is 10.5. The van der Waals surface area contributed by atoms with E-state index in [1.165, 1.54) is 18.0 Å². The lowest BCUT2D eigenvalue weighted by Gasteiger charge is -2.03. The van der Waals surface area contributed by atoms with Crippen LogP contribution < -0.4 is 11.1 Å². The Balaban J connectivity index is 1.93. The summed E-state index contributed by atoms with van der Waals surface area (Å²) in [4.78, 5) is 3.99. The first-order valence-electron chi connectivity index (χ1n) is 5.23. The Labute approximate surface area is 94.2 Å². The van der Waals surface area contributed by atoms with Crippen LogP contribution >= 0.6 is 11.5 Å². The van der Waals surface area contributed by atoms with Crippen LogP contribution in [0, 0.1) is 0 Å². The average Bonchev–Trinajstić information content (AvgIpc) is 2.63. The third-order valence-corrected chi connectivity index (χ3v) is 2.51. The Morgan fingerprint density at radius 3 is 2.87 bits per heavy atom. The fraction of sp³-hybridized carbons (Fsp3) is 0.778. The van der Waals surface area contributed by atoms with Gasteiger partial charge in [-0.1, -0.05) is 13.3 Å². The quantitative estimate of drug-likeness (QED) is 0.665. The molecule has 1 aromatic rings. The van der Waals surface area contributed by atoms with Crippen molar-refractivity contribution in [1.82, 2.24) is 9.36 Å². The Morgan fingerprint density at radius 1 is 1.40 bits per heavy atom. The van der Waals surface area contributed by atoms with Gasteiger partial charge in [-0.05, 0) is 12.8 Å². The number of nitrogens with one attached hydrogen (secondary N) is 1. The zero-order chi connectivity index (χ0) is 10.9. The van der Waals surface area contributed by atoms with Gasteiger partial charge in [0.15, 0.2) is 0 Å². The summed E-state index contributed by atoms with van der Waals surface area (Å²) in [6.45, 7) is 4.66. The van der Waals surface area contributed by atoms with Crippen LogP contribution in [0.25, 0.3) is 0 Å². The number of nitrogen functional groups attached to an aromatic ring is 1. The fourth-order valence-electron chi connectivity index (χ4n) is 1.02. The molecule has 1 aromatic heterocycles. The van der Waals surface area contributed by atoms with Crippen molar-refractivity contribution in [2.75, 3.05) is 30.8 Å². The van der Waals surface area contributed by atoms with E-state index >= 15 is 0 Å². The molecule has 0 fully saturated rings. The number of hydrogen-bond acceptors (Lipinski definition) is 6. The van der Waals surface area contributed by atoms with Crippen molar-refractivity contribution >= 4 is 22.6 Å². The van der Waals surface area contributed by atoms with Gasteiger partial charge in [-0.15, -0.1) is 0 Å². The summed E-state index contributed by atoms with van der Waals surface area (Å²) >= 11 is 1.28. The van der Waals surface area contributed by atoms with Gasteiger partial charge in [0.25, 0.3) is 0 Å². The zero-order valence-corrected chi connectivity index (χ0v) is 9.85. The van der Waals surface area contributed by atoms with Crippen LogP contribution in [0.1, 0.15) is 26.2 Å². The van der Waals surface area contributed by atoms with Crippen molar-refractivity contribution in [1.29, 1.82) is 0 Å². The molecule has 0 aliphatic heterocycles. The van der Waals surface area contributed by atoms with Crippen molar-refractivity contribution in [2.45, 2.75) is 26.2 Å². The standard InChI is InChI=1S/C9H18N4OS/c1-2-3-6-14-7-4-5-11-9-12-8(10)13-15-9/h2-7H2,1H3,(H3,10,11,12,13). The maximum atomic E-state index is 5.42. The fourth-order valence-corrected chi connectivity index (χ4v) is 1.55. The summed E-state index contributed by atoms with van der Waals surface area (Å²) < 4.78 is 9.29. The van der Waals surface area contributed by atoms with E-state index in [9.17, 15) is 0 Å². The summed E-state index contributed by atoms with van der Waals surface area (Å²) in [6.07, 6.45) is 3.30. The van der Waals surface area contributed by atoms with Gasteiger partial charge in [-0.25, -0.2) is 0 Å². The zero-order valence-electron chi connectivity index (χ0n) is 9.03. The van der Waals surface area contributed by atoms with Crippen LogP contribution in [0.3, 0.4) is 0 Å². The van der Waals surface area contributed by atoms with E-state index in [0.29, 0.717) is 5.95 Å². The van der Waals surface area contributed by atoms with Gasteiger partial charge in [0.2, 0.25) is 11.1 Å². The van der Waals surface area contributed by atoms with Crippen LogP contribution in [0.2, 0.25) is 0 Å². The summed E-state index contributed by atoms with van der Waals surface area (Å²) in [5, 5.41) is 3.92. The molecule has 0 saturated heterocycles. The van der Waals surface area contributed by atoms with Crippen molar-refractivity contribution < 1.29 is 4.74 Å². The van der Waals surface area contributed by atoms with Gasteiger partial charge in [0.05, 0.1) is 0 Å². The molecule has 0 radical (unpaired) electrons. The number of nitrogens with two attached hydrogens (primary N) is 1. The van der Waals surface area contributed by atoms with Gasteiger partial charge in [-0.3, -0.25) is 0 Å². The molecule has 6 heteroatoms. The van der Waals surface area contributed by atoms with Crippen LogP contribution in [0.5, 0.6) is 0 Å². The summed E-state index contributed by atoms with van der Waals surface area (Å²) in [7, 11) is 0. The van der Waals surface area contributed by atoms with E-state index in [4.69, 9.17) is 10.5 Å². The minimum Gasteiger partial charge on any atom is -0.381 e. The van der Waals surface area contributed by atoms with Crippen molar-refractivity contribution in [3.63, 3.8) is 0 Å². The molecule has 0 spiro atoms. The Hall–Kier alpha value is -0.880. The number of anilines is 2. The number of ether oxygens (including phenoxy) is 1. The molecule has 0 aliphatic rings. The third kappa shape index (κ3) is 5.54. The van der Waals surface area contributed by atoms with E-state index in [0.717, 1.165) is 37.7 Å². The van der Waals surface area contributed by atoms with Gasteiger partial charge < -0.3 is 15.8 Å². The molecule has 0 aromatic carbocycles. The molecule has 1 heterocycles. The number of unbranched alkanes of at least 4 members (excludes halogenated alkanes) is 1. The first-order valence-corrected chi connectivity index (χ1v) is 6.01. The lowest BCUT2D eigenvalue weighted by molar-refractivity contribution is 0.131. The average molecular weight is 230 g/mol. The number of aromatic nitrogens is 2. The van der Waals surface area contributed by atoms with Crippen LogP contribution in [0.15, 0.2) is 0 Å². The lowest BCUT2D eigenvalue weighted by Crippen LogP contribution is -2.06. The summed E-state index contributed by atoms with van der Waals surface area (Å²) in [5.74, 6) is 0.335. The largest absolute Gasteiger partial charge is 0.381 e. The highest BCUT2D eigenvalue weighted by Crippen LogP contribution is 2.11. The molecule has 0 saturated carbocycles. The number of rotatable bonds is 8. The molecule has 5 nitrogen and oxygen atoms in total. The molecule has 86 valence electrons. The first-order chi connectivity index (χ1) is 7.33. The molecule has 0 atom stereocenters. The van der Waals surface area contributed by atoms with Crippen molar-refractivity contribution in [3.05, 3.63) is 0 Å². The van der Waals surface area contributed by atoms with Crippen molar-refractivity contribution in [2.24, 2.45) is 0 Å². The Bertz CT molecular complexity index is 266. The summed E-state index contributed by atoms with van der Waals surface area (Å²) in [6, 6.07) is 0. The Morgan fingerprint density at radius 2 is 2.20 bits per heavy atom.